The van der Waals surface area contributed by atoms with Crippen LogP contribution < -0.4 is 5.32 Å². The molecule has 1 amide bonds. The second-order valence-electron chi connectivity index (χ2n) is 4.71. The van der Waals surface area contributed by atoms with E-state index in [1.54, 1.807) is 32.1 Å². The summed E-state index contributed by atoms with van der Waals surface area (Å²) < 4.78 is 6.00. The van der Waals surface area contributed by atoms with Gasteiger partial charge in [0.05, 0.1) is 3.79 Å². The molecule has 1 rings (SSSR count). The molecule has 18 heavy (non-hydrogen) atoms. The lowest BCUT2D eigenvalue weighted by atomic mass is 10.2. The van der Waals surface area contributed by atoms with Crippen LogP contribution in [0.4, 0.5) is 0 Å². The molecule has 0 spiro atoms. The van der Waals surface area contributed by atoms with Gasteiger partial charge in [-0.05, 0) is 55.3 Å². The summed E-state index contributed by atoms with van der Waals surface area (Å²) in [6, 6.07) is 3.93. The Labute approximate surface area is 119 Å². The number of halogens is 1. The fraction of sp³-hybridized carbons (Fsp3) is 0.500. The van der Waals surface area contributed by atoms with Crippen molar-refractivity contribution in [1.82, 2.24) is 5.32 Å². The second-order valence-corrected chi connectivity index (χ2v) is 7.26. The van der Waals surface area contributed by atoms with Gasteiger partial charge in [-0.25, -0.2) is 4.79 Å². The van der Waals surface area contributed by atoms with E-state index in [-0.39, 0.29) is 0 Å². The van der Waals surface area contributed by atoms with Crippen LogP contribution in [0.3, 0.4) is 0 Å². The van der Waals surface area contributed by atoms with E-state index in [0.717, 1.165) is 8.66 Å². The van der Waals surface area contributed by atoms with E-state index in [4.69, 9.17) is 4.74 Å². The van der Waals surface area contributed by atoms with Crippen molar-refractivity contribution >= 4 is 39.1 Å². The first-order valence-corrected chi connectivity index (χ1v) is 7.14. The molecule has 4 nitrogen and oxygen atoms in total. The number of hydrogen-bond acceptors (Lipinski definition) is 4. The lowest BCUT2D eigenvalue weighted by Crippen LogP contribution is -2.37. The molecule has 0 saturated carbocycles. The molecule has 1 aromatic rings. The van der Waals surface area contributed by atoms with Crippen LogP contribution in [0.5, 0.6) is 0 Å². The number of carbonyl (C=O) groups excluding carboxylic acids is 2. The average Bonchev–Trinajstić information content (AvgIpc) is 2.61. The fourth-order valence-electron chi connectivity index (χ4n) is 1.18. The van der Waals surface area contributed by atoms with E-state index in [9.17, 15) is 9.59 Å². The Morgan fingerprint density at radius 3 is 2.56 bits per heavy atom. The molecule has 0 bridgehead atoms. The van der Waals surface area contributed by atoms with Crippen LogP contribution in [0.1, 0.15) is 25.6 Å². The van der Waals surface area contributed by atoms with Crippen molar-refractivity contribution in [2.45, 2.75) is 32.8 Å². The van der Waals surface area contributed by atoms with Gasteiger partial charge in [-0.2, -0.15) is 0 Å². The molecule has 1 heterocycles. The highest BCUT2D eigenvalue weighted by Crippen LogP contribution is 2.22. The number of rotatable bonds is 3. The lowest BCUT2D eigenvalue weighted by molar-refractivity contribution is -0.163. The predicted molar refractivity (Wildman–Crippen MR) is 74.6 cm³/mol. The Balaban J connectivity index is 2.31. The molecular weight excluding hydrogens is 318 g/mol. The number of ether oxygens (including phenoxy) is 1. The summed E-state index contributed by atoms with van der Waals surface area (Å²) in [5.74, 6) is -1.53. The monoisotopic (exact) mass is 333 g/mol. The van der Waals surface area contributed by atoms with E-state index in [1.807, 2.05) is 12.1 Å². The van der Waals surface area contributed by atoms with Crippen molar-refractivity contribution in [1.29, 1.82) is 0 Å². The van der Waals surface area contributed by atoms with Gasteiger partial charge in [-0.1, -0.05) is 0 Å². The zero-order chi connectivity index (χ0) is 13.8. The molecular formula is C12H16BrNO3S. The first-order valence-electron chi connectivity index (χ1n) is 5.53. The second kappa shape index (κ2) is 6.33. The van der Waals surface area contributed by atoms with E-state index in [1.165, 1.54) is 0 Å². The van der Waals surface area contributed by atoms with Gasteiger partial charge in [0.25, 0.3) is 0 Å². The molecule has 0 aliphatic heterocycles. The lowest BCUT2D eigenvalue weighted by Gasteiger charge is -2.18. The molecule has 0 fully saturated rings. The third-order valence-corrected chi connectivity index (χ3v) is 3.55. The molecule has 1 aromatic heterocycles. The van der Waals surface area contributed by atoms with Crippen molar-refractivity contribution in [2.24, 2.45) is 0 Å². The number of hydrogen-bond donors (Lipinski definition) is 1. The van der Waals surface area contributed by atoms with Gasteiger partial charge >= 0.3 is 11.9 Å². The van der Waals surface area contributed by atoms with Crippen molar-refractivity contribution in [2.75, 3.05) is 6.54 Å². The highest BCUT2D eigenvalue weighted by Gasteiger charge is 2.22. The normalized spacial score (nSPS) is 11.1. The first kappa shape index (κ1) is 15.2. The Bertz CT molecular complexity index is 437. The summed E-state index contributed by atoms with van der Waals surface area (Å²) in [5.41, 5.74) is -0.646. The van der Waals surface area contributed by atoms with Crippen molar-refractivity contribution < 1.29 is 14.3 Å². The summed E-state index contributed by atoms with van der Waals surface area (Å²) in [5, 5.41) is 2.54. The Hall–Kier alpha value is -0.880. The number of nitrogens with one attached hydrogen (secondary N) is 1. The van der Waals surface area contributed by atoms with Gasteiger partial charge in [-0.3, -0.25) is 4.79 Å². The molecule has 0 aromatic carbocycles. The van der Waals surface area contributed by atoms with Crippen LogP contribution in [0.15, 0.2) is 15.9 Å². The SMILES string of the molecule is CC(C)(C)OC(=O)C(=O)NCCc1ccc(Br)s1. The molecule has 0 saturated heterocycles. The number of thiophene rings is 1. The number of esters is 1. The minimum atomic E-state index is -0.838. The maximum absolute atomic E-state index is 11.4. The Morgan fingerprint density at radius 2 is 2.06 bits per heavy atom. The Morgan fingerprint density at radius 1 is 1.39 bits per heavy atom. The van der Waals surface area contributed by atoms with Gasteiger partial charge in [-0.15, -0.1) is 11.3 Å². The third kappa shape index (κ3) is 5.64. The third-order valence-electron chi connectivity index (χ3n) is 1.87. The van der Waals surface area contributed by atoms with Crippen LogP contribution in [0.25, 0.3) is 0 Å². The smallest absolute Gasteiger partial charge is 0.397 e. The largest absolute Gasteiger partial charge is 0.453 e. The van der Waals surface area contributed by atoms with E-state index >= 15 is 0 Å². The van der Waals surface area contributed by atoms with Crippen LogP contribution in [-0.4, -0.2) is 24.0 Å². The van der Waals surface area contributed by atoms with E-state index < -0.39 is 17.5 Å². The van der Waals surface area contributed by atoms with Crippen LogP contribution in [0.2, 0.25) is 0 Å². The Kier molecular flexibility index (Phi) is 5.34. The van der Waals surface area contributed by atoms with Crippen LogP contribution >= 0.6 is 27.3 Å². The van der Waals surface area contributed by atoms with E-state index in [2.05, 4.69) is 21.2 Å². The summed E-state index contributed by atoms with van der Waals surface area (Å²) in [7, 11) is 0. The molecule has 0 aliphatic rings. The summed E-state index contributed by atoms with van der Waals surface area (Å²) in [4.78, 5) is 23.9. The highest BCUT2D eigenvalue weighted by molar-refractivity contribution is 9.11. The highest BCUT2D eigenvalue weighted by atomic mass is 79.9. The fourth-order valence-corrected chi connectivity index (χ4v) is 2.66. The van der Waals surface area contributed by atoms with Gasteiger partial charge < -0.3 is 10.1 Å². The topological polar surface area (TPSA) is 55.4 Å². The standard InChI is InChI=1S/C12H16BrNO3S/c1-12(2,3)17-11(16)10(15)14-7-6-8-4-5-9(13)18-8/h4-5H,6-7H2,1-3H3,(H,14,15). The molecule has 0 atom stereocenters. The number of amides is 1. The molecule has 0 aliphatic carbocycles. The van der Waals surface area contributed by atoms with Crippen molar-refractivity contribution in [3.63, 3.8) is 0 Å². The molecule has 0 unspecified atom stereocenters. The van der Waals surface area contributed by atoms with Gasteiger partial charge in [0.2, 0.25) is 0 Å². The average molecular weight is 334 g/mol. The first-order chi connectivity index (χ1) is 8.28. The quantitative estimate of drug-likeness (QED) is 0.683. The molecule has 6 heteroatoms. The molecule has 100 valence electrons. The summed E-state index contributed by atoms with van der Waals surface area (Å²) >= 11 is 4.97. The van der Waals surface area contributed by atoms with Gasteiger partial charge in [0.15, 0.2) is 0 Å². The van der Waals surface area contributed by atoms with Crippen molar-refractivity contribution in [3.05, 3.63) is 20.8 Å². The predicted octanol–water partition coefficient (Wildman–Crippen LogP) is 2.51. The van der Waals surface area contributed by atoms with Crippen LogP contribution in [0, 0.1) is 0 Å². The summed E-state index contributed by atoms with van der Waals surface area (Å²) in [6.07, 6.45) is 0.699. The van der Waals surface area contributed by atoms with Gasteiger partial charge in [0.1, 0.15) is 5.60 Å². The maximum atomic E-state index is 11.4. The van der Waals surface area contributed by atoms with Crippen molar-refractivity contribution in [3.8, 4) is 0 Å². The van der Waals surface area contributed by atoms with Crippen LogP contribution in [-0.2, 0) is 20.7 Å². The molecule has 1 N–H and O–H groups in total. The van der Waals surface area contributed by atoms with E-state index in [0.29, 0.717) is 13.0 Å². The number of carbonyl (C=O) groups is 2. The summed E-state index contributed by atoms with van der Waals surface area (Å²) in [6.45, 7) is 5.59. The van der Waals surface area contributed by atoms with Gasteiger partial charge in [0, 0.05) is 11.4 Å². The molecule has 0 radical (unpaired) electrons. The minimum absolute atomic E-state index is 0.422. The maximum Gasteiger partial charge on any atom is 0.397 e. The zero-order valence-corrected chi connectivity index (χ0v) is 13.0. The minimum Gasteiger partial charge on any atom is -0.453 e. The zero-order valence-electron chi connectivity index (χ0n) is 10.6.